The lowest BCUT2D eigenvalue weighted by Gasteiger charge is -2.05. The smallest absolute Gasteiger partial charge is 0.404 e. The quantitative estimate of drug-likeness (QED) is 0.797. The molecule has 0 bridgehead atoms. The fourth-order valence-corrected chi connectivity index (χ4v) is 2.15. The predicted octanol–water partition coefficient (Wildman–Crippen LogP) is 3.24. The molecule has 2 aromatic rings. The summed E-state index contributed by atoms with van der Waals surface area (Å²) in [4.78, 5) is 15.1. The molecule has 0 saturated heterocycles. The van der Waals surface area contributed by atoms with Crippen molar-refractivity contribution in [3.8, 4) is 6.07 Å². The van der Waals surface area contributed by atoms with Crippen molar-refractivity contribution in [1.29, 1.82) is 5.26 Å². The van der Waals surface area contributed by atoms with E-state index in [1.165, 1.54) is 0 Å². The summed E-state index contributed by atoms with van der Waals surface area (Å²) in [5.74, 6) is 0. The van der Waals surface area contributed by atoms with Crippen molar-refractivity contribution in [3.05, 3.63) is 41.6 Å². The standard InChI is InChI=1S/C16H17N3O2/c17-9-3-1-2-4-14-7-6-13-10-12(11-18-16(20)21)5-8-15(13)19-14/h5-8,10,18H,1-4,11H2,(H,20,21). The number of rotatable bonds is 6. The third-order valence-corrected chi connectivity index (χ3v) is 3.23. The van der Waals surface area contributed by atoms with Gasteiger partial charge in [0.1, 0.15) is 0 Å². The van der Waals surface area contributed by atoms with Crippen LogP contribution in [0.1, 0.15) is 30.5 Å². The molecule has 0 aliphatic carbocycles. The molecular weight excluding hydrogens is 266 g/mol. The van der Waals surface area contributed by atoms with Gasteiger partial charge in [0, 0.05) is 24.0 Å². The summed E-state index contributed by atoms with van der Waals surface area (Å²) in [5, 5.41) is 20.5. The van der Waals surface area contributed by atoms with Gasteiger partial charge in [0.2, 0.25) is 0 Å². The zero-order valence-electron chi connectivity index (χ0n) is 11.7. The van der Waals surface area contributed by atoms with Gasteiger partial charge in [-0.2, -0.15) is 5.26 Å². The van der Waals surface area contributed by atoms with E-state index in [2.05, 4.69) is 16.4 Å². The number of benzene rings is 1. The molecule has 0 saturated carbocycles. The molecule has 0 atom stereocenters. The van der Waals surface area contributed by atoms with Crippen molar-refractivity contribution in [2.45, 2.75) is 32.2 Å². The zero-order chi connectivity index (χ0) is 15.1. The van der Waals surface area contributed by atoms with Gasteiger partial charge in [0.25, 0.3) is 0 Å². The number of hydrogen-bond acceptors (Lipinski definition) is 3. The molecule has 2 rings (SSSR count). The molecule has 1 amide bonds. The van der Waals surface area contributed by atoms with Gasteiger partial charge in [-0.3, -0.25) is 4.98 Å². The molecule has 2 N–H and O–H groups in total. The molecule has 1 heterocycles. The van der Waals surface area contributed by atoms with Gasteiger partial charge < -0.3 is 10.4 Å². The van der Waals surface area contributed by atoms with Gasteiger partial charge in [0.05, 0.1) is 11.6 Å². The molecule has 0 fully saturated rings. The molecule has 1 aromatic heterocycles. The number of carbonyl (C=O) groups is 1. The van der Waals surface area contributed by atoms with Crippen LogP contribution in [0.15, 0.2) is 30.3 Å². The molecular formula is C16H17N3O2. The Morgan fingerprint density at radius 1 is 1.29 bits per heavy atom. The maximum Gasteiger partial charge on any atom is 0.404 e. The lowest BCUT2D eigenvalue weighted by atomic mass is 10.1. The van der Waals surface area contributed by atoms with Crippen molar-refractivity contribution >= 4 is 17.0 Å². The molecule has 0 aliphatic heterocycles. The summed E-state index contributed by atoms with van der Waals surface area (Å²) in [7, 11) is 0. The average Bonchev–Trinajstić information content (AvgIpc) is 2.49. The summed E-state index contributed by atoms with van der Waals surface area (Å²) in [5.41, 5.74) is 2.84. The predicted molar refractivity (Wildman–Crippen MR) is 79.8 cm³/mol. The van der Waals surface area contributed by atoms with Crippen LogP contribution in [0, 0.1) is 11.3 Å². The SMILES string of the molecule is N#CCCCCc1ccc2cc(CNC(=O)O)ccc2n1. The van der Waals surface area contributed by atoms with Crippen LogP contribution in [0.4, 0.5) is 4.79 Å². The number of aryl methyl sites for hydroxylation is 1. The molecule has 0 unspecified atom stereocenters. The summed E-state index contributed by atoms with van der Waals surface area (Å²) >= 11 is 0. The Labute approximate surface area is 123 Å². The first-order chi connectivity index (χ1) is 10.2. The highest BCUT2D eigenvalue weighted by Crippen LogP contribution is 2.16. The molecule has 5 nitrogen and oxygen atoms in total. The van der Waals surface area contributed by atoms with Crippen LogP contribution in [0.3, 0.4) is 0 Å². The number of nitrogens with zero attached hydrogens (tertiary/aromatic N) is 2. The van der Waals surface area contributed by atoms with Crippen LogP contribution >= 0.6 is 0 Å². The van der Waals surface area contributed by atoms with Gasteiger partial charge in [-0.25, -0.2) is 4.79 Å². The lowest BCUT2D eigenvalue weighted by Crippen LogP contribution is -2.19. The Bertz CT molecular complexity index is 677. The van der Waals surface area contributed by atoms with Crippen LogP contribution in [0.25, 0.3) is 10.9 Å². The van der Waals surface area contributed by atoms with Gasteiger partial charge >= 0.3 is 6.09 Å². The molecule has 5 heteroatoms. The van der Waals surface area contributed by atoms with E-state index in [-0.39, 0.29) is 0 Å². The summed E-state index contributed by atoms with van der Waals surface area (Å²) in [6, 6.07) is 11.9. The number of carboxylic acid groups (broad SMARTS) is 1. The van der Waals surface area contributed by atoms with Crippen LogP contribution in [0.2, 0.25) is 0 Å². The Hall–Kier alpha value is -2.61. The van der Waals surface area contributed by atoms with E-state index in [1.807, 2.05) is 30.3 Å². The minimum atomic E-state index is -1.03. The second-order valence-electron chi connectivity index (χ2n) is 4.85. The fourth-order valence-electron chi connectivity index (χ4n) is 2.15. The van der Waals surface area contributed by atoms with Crippen LogP contribution in [0.5, 0.6) is 0 Å². The van der Waals surface area contributed by atoms with E-state index in [4.69, 9.17) is 10.4 Å². The first-order valence-electron chi connectivity index (χ1n) is 6.91. The van der Waals surface area contributed by atoms with Crippen molar-refractivity contribution in [2.24, 2.45) is 0 Å². The number of pyridine rings is 1. The van der Waals surface area contributed by atoms with Crippen molar-refractivity contribution < 1.29 is 9.90 Å². The third-order valence-electron chi connectivity index (χ3n) is 3.23. The number of aromatic nitrogens is 1. The molecule has 0 radical (unpaired) electrons. The Morgan fingerprint density at radius 2 is 2.14 bits per heavy atom. The third kappa shape index (κ3) is 4.46. The summed E-state index contributed by atoms with van der Waals surface area (Å²) in [6.45, 7) is 0.293. The Balaban J connectivity index is 2.05. The Morgan fingerprint density at radius 3 is 2.90 bits per heavy atom. The first-order valence-corrected chi connectivity index (χ1v) is 6.91. The van der Waals surface area contributed by atoms with Crippen LogP contribution < -0.4 is 5.32 Å². The van der Waals surface area contributed by atoms with E-state index in [0.717, 1.165) is 41.4 Å². The second-order valence-corrected chi connectivity index (χ2v) is 4.85. The maximum absolute atomic E-state index is 10.5. The largest absolute Gasteiger partial charge is 0.465 e. The molecule has 0 spiro atoms. The van der Waals surface area contributed by atoms with Crippen molar-refractivity contribution in [3.63, 3.8) is 0 Å². The lowest BCUT2D eigenvalue weighted by molar-refractivity contribution is 0.194. The minimum absolute atomic E-state index is 0.293. The number of nitrogens with one attached hydrogen (secondary N) is 1. The highest BCUT2D eigenvalue weighted by Gasteiger charge is 2.02. The molecule has 1 aromatic carbocycles. The van der Waals surface area contributed by atoms with Crippen molar-refractivity contribution in [1.82, 2.24) is 10.3 Å². The van der Waals surface area contributed by atoms with E-state index >= 15 is 0 Å². The normalized spacial score (nSPS) is 10.2. The number of unbranched alkanes of at least 4 members (excludes halogenated alkanes) is 2. The summed E-state index contributed by atoms with van der Waals surface area (Å²) < 4.78 is 0. The topological polar surface area (TPSA) is 86.0 Å². The van der Waals surface area contributed by atoms with E-state index in [9.17, 15) is 4.79 Å². The van der Waals surface area contributed by atoms with Crippen LogP contribution in [-0.2, 0) is 13.0 Å². The molecule has 0 aliphatic rings. The highest BCUT2D eigenvalue weighted by atomic mass is 16.4. The monoisotopic (exact) mass is 283 g/mol. The second kappa shape index (κ2) is 7.25. The van der Waals surface area contributed by atoms with E-state index in [0.29, 0.717) is 13.0 Å². The number of nitriles is 1. The maximum atomic E-state index is 10.5. The molecule has 108 valence electrons. The fraction of sp³-hybridized carbons (Fsp3) is 0.312. The molecule has 21 heavy (non-hydrogen) atoms. The van der Waals surface area contributed by atoms with Gasteiger partial charge in [0.15, 0.2) is 0 Å². The first kappa shape index (κ1) is 14.8. The van der Waals surface area contributed by atoms with Gasteiger partial charge in [-0.1, -0.05) is 12.1 Å². The van der Waals surface area contributed by atoms with Gasteiger partial charge in [-0.05, 0) is 43.0 Å². The Kier molecular flexibility index (Phi) is 5.10. The number of fused-ring (bicyclic) bond motifs is 1. The van der Waals surface area contributed by atoms with E-state index < -0.39 is 6.09 Å². The summed E-state index contributed by atoms with van der Waals surface area (Å²) in [6.07, 6.45) is 2.30. The van der Waals surface area contributed by atoms with Crippen LogP contribution in [-0.4, -0.2) is 16.2 Å². The number of hydrogen-bond donors (Lipinski definition) is 2. The van der Waals surface area contributed by atoms with Crippen molar-refractivity contribution in [2.75, 3.05) is 0 Å². The highest BCUT2D eigenvalue weighted by molar-refractivity contribution is 5.79. The minimum Gasteiger partial charge on any atom is -0.465 e. The average molecular weight is 283 g/mol. The zero-order valence-corrected chi connectivity index (χ0v) is 11.7. The van der Waals surface area contributed by atoms with Gasteiger partial charge in [-0.15, -0.1) is 0 Å². The number of amides is 1. The van der Waals surface area contributed by atoms with E-state index in [1.54, 1.807) is 0 Å².